The maximum Gasteiger partial charge on any atom is 0.250 e. The lowest BCUT2D eigenvalue weighted by molar-refractivity contribution is -0.118. The van der Waals surface area contributed by atoms with Gasteiger partial charge in [-0.3, -0.25) is 4.79 Å². The number of amides is 1. The summed E-state index contributed by atoms with van der Waals surface area (Å²) in [5, 5.41) is 5.67. The van der Waals surface area contributed by atoms with Gasteiger partial charge in [-0.05, 0) is 24.3 Å². The first kappa shape index (κ1) is 15.8. The minimum Gasteiger partial charge on any atom is -0.272 e. The molecule has 0 aliphatic carbocycles. The monoisotopic (exact) mass is 339 g/mol. The molecule has 1 aromatic heterocycles. The minimum absolute atomic E-state index is 0.216. The summed E-state index contributed by atoms with van der Waals surface area (Å²) in [6.07, 6.45) is 3.16. The lowest BCUT2D eigenvalue weighted by Gasteiger charge is -2.00. The average molecular weight is 340 g/mol. The number of carbonyl (C=O) groups excluding carboxylic acids is 1. The molecule has 0 bridgehead atoms. The van der Waals surface area contributed by atoms with Crippen LogP contribution in [0.5, 0.6) is 0 Å². The largest absolute Gasteiger partial charge is 0.272 e. The summed E-state index contributed by atoms with van der Waals surface area (Å²) in [6.45, 7) is 0. The van der Waals surface area contributed by atoms with Crippen LogP contribution in [0.3, 0.4) is 0 Å². The van der Waals surface area contributed by atoms with Crippen molar-refractivity contribution in [2.75, 3.05) is 5.75 Å². The quantitative estimate of drug-likeness (QED) is 0.514. The molecule has 0 aliphatic heterocycles. The number of hydrogen-bond donors (Lipinski definition) is 1. The smallest absolute Gasteiger partial charge is 0.250 e. The molecule has 0 saturated carbocycles. The van der Waals surface area contributed by atoms with Gasteiger partial charge in [0.15, 0.2) is 0 Å². The fourth-order valence-corrected chi connectivity index (χ4v) is 2.50. The van der Waals surface area contributed by atoms with Crippen molar-refractivity contribution in [1.82, 2.24) is 10.4 Å². The van der Waals surface area contributed by atoms with Crippen LogP contribution in [-0.4, -0.2) is 22.9 Å². The van der Waals surface area contributed by atoms with Crippen molar-refractivity contribution in [1.29, 1.82) is 0 Å². The maximum atomic E-state index is 11.6. The van der Waals surface area contributed by atoms with Gasteiger partial charge in [-0.2, -0.15) is 5.10 Å². The number of thioether (sulfide) groups is 1. The average Bonchev–Trinajstić information content (AvgIpc) is 2.48. The summed E-state index contributed by atoms with van der Waals surface area (Å²) >= 11 is 13.1. The van der Waals surface area contributed by atoms with E-state index in [-0.39, 0.29) is 11.7 Å². The van der Waals surface area contributed by atoms with Crippen molar-refractivity contribution in [3.8, 4) is 0 Å². The molecule has 1 heterocycles. The summed E-state index contributed by atoms with van der Waals surface area (Å²) in [6, 6.07) is 10.6. The normalized spacial score (nSPS) is 10.8. The number of carbonyl (C=O) groups is 1. The molecule has 0 fully saturated rings. The van der Waals surface area contributed by atoms with E-state index >= 15 is 0 Å². The highest BCUT2D eigenvalue weighted by Gasteiger charge is 2.02. The third-order valence-electron chi connectivity index (χ3n) is 2.34. The van der Waals surface area contributed by atoms with Crippen molar-refractivity contribution < 1.29 is 4.79 Å². The van der Waals surface area contributed by atoms with E-state index in [2.05, 4.69) is 15.5 Å². The number of aromatic nitrogens is 1. The number of nitrogens with one attached hydrogen (secondary N) is 1. The number of rotatable bonds is 5. The van der Waals surface area contributed by atoms with Crippen LogP contribution in [0.2, 0.25) is 10.0 Å². The first-order valence-corrected chi connectivity index (χ1v) is 7.70. The second-order valence-corrected chi connectivity index (χ2v) is 5.75. The van der Waals surface area contributed by atoms with E-state index in [9.17, 15) is 4.79 Å². The van der Waals surface area contributed by atoms with Crippen LogP contribution in [0, 0.1) is 0 Å². The summed E-state index contributed by atoms with van der Waals surface area (Å²) in [5.41, 5.74) is 3.11. The molecule has 0 atom stereocenters. The van der Waals surface area contributed by atoms with Gasteiger partial charge in [-0.25, -0.2) is 10.4 Å². The van der Waals surface area contributed by atoms with Gasteiger partial charge in [-0.1, -0.05) is 47.1 Å². The summed E-state index contributed by atoms with van der Waals surface area (Å²) < 4.78 is 0. The van der Waals surface area contributed by atoms with Gasteiger partial charge >= 0.3 is 0 Å². The lowest BCUT2D eigenvalue weighted by Crippen LogP contribution is -2.19. The molecule has 1 aromatic carbocycles. The SMILES string of the molecule is O=C(CSc1ccccn1)N/N=C/c1ccc(Cl)cc1Cl. The lowest BCUT2D eigenvalue weighted by atomic mass is 10.2. The van der Waals surface area contributed by atoms with Crippen molar-refractivity contribution >= 4 is 47.1 Å². The standard InChI is InChI=1S/C14H11Cl2N3OS/c15-11-5-4-10(12(16)7-11)8-18-19-13(20)9-21-14-3-1-2-6-17-14/h1-8H,9H2,(H,19,20)/b18-8+. The predicted octanol–water partition coefficient (Wildman–Crippen LogP) is 3.63. The van der Waals surface area contributed by atoms with Gasteiger partial charge in [0.1, 0.15) is 0 Å². The van der Waals surface area contributed by atoms with Gasteiger partial charge in [0.05, 0.1) is 22.0 Å². The first-order chi connectivity index (χ1) is 10.1. The Bertz CT molecular complexity index is 650. The van der Waals surface area contributed by atoms with Gasteiger partial charge < -0.3 is 0 Å². The van der Waals surface area contributed by atoms with Crippen LogP contribution in [0.1, 0.15) is 5.56 Å². The molecule has 1 amide bonds. The number of nitrogens with zero attached hydrogens (tertiary/aromatic N) is 2. The fraction of sp³-hybridized carbons (Fsp3) is 0.0714. The molecule has 2 rings (SSSR count). The van der Waals surface area contributed by atoms with Crippen molar-refractivity contribution in [2.24, 2.45) is 5.10 Å². The van der Waals surface area contributed by atoms with Crippen LogP contribution in [-0.2, 0) is 4.79 Å². The third-order valence-corrected chi connectivity index (χ3v) is 3.85. The zero-order chi connectivity index (χ0) is 15.1. The van der Waals surface area contributed by atoms with E-state index in [1.807, 2.05) is 18.2 Å². The molecule has 0 unspecified atom stereocenters. The zero-order valence-corrected chi connectivity index (χ0v) is 13.1. The third kappa shape index (κ3) is 5.38. The van der Waals surface area contributed by atoms with Crippen LogP contribution >= 0.6 is 35.0 Å². The fourth-order valence-electron chi connectivity index (χ4n) is 1.38. The number of benzene rings is 1. The number of hydrazone groups is 1. The summed E-state index contributed by atoms with van der Waals surface area (Å²) in [4.78, 5) is 15.7. The molecule has 0 aliphatic rings. The molecule has 2 aromatic rings. The molecule has 4 nitrogen and oxygen atoms in total. The van der Waals surface area contributed by atoms with Crippen LogP contribution in [0.4, 0.5) is 0 Å². The van der Waals surface area contributed by atoms with Gasteiger partial charge in [0.25, 0.3) is 0 Å². The maximum absolute atomic E-state index is 11.6. The van der Waals surface area contributed by atoms with Crippen molar-refractivity contribution in [2.45, 2.75) is 5.03 Å². The summed E-state index contributed by atoms with van der Waals surface area (Å²) in [5.74, 6) is 0.0230. The van der Waals surface area contributed by atoms with Crippen LogP contribution < -0.4 is 5.43 Å². The predicted molar refractivity (Wildman–Crippen MR) is 87.2 cm³/mol. The Balaban J connectivity index is 1.82. The molecular weight excluding hydrogens is 329 g/mol. The Labute approximate surface area is 136 Å². The first-order valence-electron chi connectivity index (χ1n) is 5.96. The molecule has 0 radical (unpaired) electrons. The highest BCUT2D eigenvalue weighted by atomic mass is 35.5. The molecule has 21 heavy (non-hydrogen) atoms. The second kappa shape index (κ2) is 8.02. The van der Waals surface area contributed by atoms with E-state index in [0.29, 0.717) is 15.6 Å². The Morgan fingerprint density at radius 3 is 2.90 bits per heavy atom. The van der Waals surface area contributed by atoms with Crippen LogP contribution in [0.15, 0.2) is 52.7 Å². The van der Waals surface area contributed by atoms with E-state index in [4.69, 9.17) is 23.2 Å². The van der Waals surface area contributed by atoms with Gasteiger partial charge in [-0.15, -0.1) is 0 Å². The summed E-state index contributed by atoms with van der Waals surface area (Å²) in [7, 11) is 0. The highest BCUT2D eigenvalue weighted by Crippen LogP contribution is 2.19. The topological polar surface area (TPSA) is 54.4 Å². The molecule has 0 saturated heterocycles. The van der Waals surface area contributed by atoms with Gasteiger partial charge in [0, 0.05) is 16.8 Å². The Morgan fingerprint density at radius 2 is 2.19 bits per heavy atom. The highest BCUT2D eigenvalue weighted by molar-refractivity contribution is 7.99. The Morgan fingerprint density at radius 1 is 1.33 bits per heavy atom. The molecular formula is C14H11Cl2N3OS. The minimum atomic E-state index is -0.216. The van der Waals surface area contributed by atoms with E-state index in [1.165, 1.54) is 18.0 Å². The number of halogens is 2. The number of pyridine rings is 1. The van der Waals surface area contributed by atoms with Gasteiger partial charge in [0.2, 0.25) is 5.91 Å². The van der Waals surface area contributed by atoms with Crippen molar-refractivity contribution in [3.63, 3.8) is 0 Å². The molecule has 108 valence electrons. The zero-order valence-electron chi connectivity index (χ0n) is 10.8. The van der Waals surface area contributed by atoms with E-state index in [0.717, 1.165) is 5.03 Å². The molecule has 1 N–H and O–H groups in total. The van der Waals surface area contributed by atoms with E-state index in [1.54, 1.807) is 24.4 Å². The number of hydrogen-bond acceptors (Lipinski definition) is 4. The van der Waals surface area contributed by atoms with E-state index < -0.39 is 0 Å². The molecule has 7 heteroatoms. The second-order valence-electron chi connectivity index (χ2n) is 3.92. The Hall–Kier alpha value is -1.56. The van der Waals surface area contributed by atoms with Crippen LogP contribution in [0.25, 0.3) is 0 Å². The van der Waals surface area contributed by atoms with Crippen molar-refractivity contribution in [3.05, 3.63) is 58.2 Å². The Kier molecular flexibility index (Phi) is 6.04. The molecule has 0 spiro atoms.